The average molecular weight is 394 g/mol. The van der Waals surface area contributed by atoms with Gasteiger partial charge in [-0.3, -0.25) is 19.8 Å². The molecule has 1 aliphatic rings. The van der Waals surface area contributed by atoms with Gasteiger partial charge in [-0.25, -0.2) is 0 Å². The highest BCUT2D eigenvalue weighted by molar-refractivity contribution is 8.18. The minimum absolute atomic E-state index is 0.334. The number of benzene rings is 2. The van der Waals surface area contributed by atoms with Gasteiger partial charge in [-0.1, -0.05) is 54.6 Å². The Balaban J connectivity index is 1.41. The molecule has 5 nitrogen and oxygen atoms in total. The van der Waals surface area contributed by atoms with E-state index in [-0.39, 0.29) is 11.1 Å². The fourth-order valence-corrected chi connectivity index (χ4v) is 3.26. The number of hydrogen-bond acceptors (Lipinski definition) is 5. The third-order valence-electron chi connectivity index (χ3n) is 4.09. The van der Waals surface area contributed by atoms with Crippen LogP contribution < -0.4 is 10.1 Å². The molecule has 0 radical (unpaired) electrons. The van der Waals surface area contributed by atoms with Gasteiger partial charge in [-0.05, 0) is 48.1 Å². The Morgan fingerprint density at radius 3 is 2.46 bits per heavy atom. The Morgan fingerprint density at radius 2 is 1.79 bits per heavy atom. The van der Waals surface area contributed by atoms with Crippen molar-refractivity contribution in [3.63, 3.8) is 0 Å². The van der Waals surface area contributed by atoms with Gasteiger partial charge in [0.25, 0.3) is 11.1 Å². The lowest BCUT2D eigenvalue weighted by molar-refractivity contribution is -0.115. The molecule has 2 aromatic carbocycles. The van der Waals surface area contributed by atoms with Crippen LogP contribution in [-0.2, 0) is 4.79 Å². The first-order chi connectivity index (χ1) is 13.6. The standard InChI is InChI=1S/C22H22N2O3S/c1-24(13-5-8-17-6-3-2-4-7-17)14-15-27-19-11-9-18(10-12-19)16-20-21(25)23-22(26)28-20/h2-12,16H,13-15H2,1H3,(H,23,25,26). The van der Waals surface area contributed by atoms with E-state index in [1.165, 1.54) is 5.56 Å². The lowest BCUT2D eigenvalue weighted by atomic mass is 10.2. The molecule has 0 unspecified atom stereocenters. The number of amides is 2. The van der Waals surface area contributed by atoms with Crippen LogP contribution in [0.5, 0.6) is 5.75 Å². The summed E-state index contributed by atoms with van der Waals surface area (Å²) in [5, 5.41) is 1.91. The molecule has 1 N–H and O–H groups in total. The van der Waals surface area contributed by atoms with Gasteiger partial charge in [0, 0.05) is 13.1 Å². The first-order valence-corrected chi connectivity index (χ1v) is 9.80. The number of thioether (sulfide) groups is 1. The van der Waals surface area contributed by atoms with E-state index in [1.54, 1.807) is 6.08 Å². The van der Waals surface area contributed by atoms with E-state index in [1.807, 2.05) is 42.5 Å². The third-order valence-corrected chi connectivity index (χ3v) is 4.90. The van der Waals surface area contributed by atoms with Gasteiger partial charge in [-0.2, -0.15) is 0 Å². The van der Waals surface area contributed by atoms with E-state index in [4.69, 9.17) is 4.74 Å². The molecule has 0 saturated carbocycles. The van der Waals surface area contributed by atoms with Crippen molar-refractivity contribution in [3.05, 3.63) is 76.7 Å². The minimum Gasteiger partial charge on any atom is -0.492 e. The molecule has 0 aliphatic carbocycles. The Labute approximate surface area is 169 Å². The molecule has 2 amide bonds. The molecule has 28 heavy (non-hydrogen) atoms. The van der Waals surface area contributed by atoms with Gasteiger partial charge in [0.2, 0.25) is 0 Å². The maximum Gasteiger partial charge on any atom is 0.290 e. The van der Waals surface area contributed by atoms with Gasteiger partial charge in [-0.15, -0.1) is 0 Å². The SMILES string of the molecule is CN(CC=Cc1ccccc1)CCOc1ccc(C=C2SC(=O)NC2=O)cc1. The molecule has 3 rings (SSSR count). The highest BCUT2D eigenvalue weighted by atomic mass is 32.2. The summed E-state index contributed by atoms with van der Waals surface area (Å²) in [6.07, 6.45) is 5.95. The predicted octanol–water partition coefficient (Wildman–Crippen LogP) is 4.03. The van der Waals surface area contributed by atoms with E-state index >= 15 is 0 Å². The van der Waals surface area contributed by atoms with Crippen molar-refractivity contribution in [1.82, 2.24) is 10.2 Å². The Bertz CT molecular complexity index is 876. The first-order valence-electron chi connectivity index (χ1n) is 8.98. The molecule has 1 saturated heterocycles. The number of likely N-dealkylation sites (N-methyl/N-ethyl adjacent to an activating group) is 1. The Hall–Kier alpha value is -2.83. The van der Waals surface area contributed by atoms with E-state index in [0.29, 0.717) is 11.5 Å². The number of nitrogens with zero attached hydrogens (tertiary/aromatic N) is 1. The summed E-state index contributed by atoms with van der Waals surface area (Å²) in [5.41, 5.74) is 2.04. The fraction of sp³-hybridized carbons (Fsp3) is 0.182. The van der Waals surface area contributed by atoms with Crippen LogP contribution in [0.4, 0.5) is 4.79 Å². The first kappa shape index (κ1) is 19.9. The van der Waals surface area contributed by atoms with Crippen LogP contribution in [0, 0.1) is 0 Å². The van der Waals surface area contributed by atoms with E-state index < -0.39 is 0 Å². The van der Waals surface area contributed by atoms with Crippen molar-refractivity contribution < 1.29 is 14.3 Å². The molecule has 1 fully saturated rings. The second kappa shape index (κ2) is 9.92. The molecule has 0 spiro atoms. The summed E-state index contributed by atoms with van der Waals surface area (Å²) in [5.74, 6) is 0.426. The van der Waals surface area contributed by atoms with Crippen molar-refractivity contribution in [2.75, 3.05) is 26.7 Å². The predicted molar refractivity (Wildman–Crippen MR) is 114 cm³/mol. The van der Waals surface area contributed by atoms with Crippen LogP contribution in [0.25, 0.3) is 12.2 Å². The molecular weight excluding hydrogens is 372 g/mol. The molecular formula is C22H22N2O3S. The average Bonchev–Trinajstić information content (AvgIpc) is 3.01. The zero-order valence-corrected chi connectivity index (χ0v) is 16.4. The maximum absolute atomic E-state index is 11.6. The molecule has 0 aromatic heterocycles. The molecule has 0 atom stereocenters. The molecule has 1 heterocycles. The van der Waals surface area contributed by atoms with Crippen LogP contribution in [0.15, 0.2) is 65.6 Å². The van der Waals surface area contributed by atoms with E-state index in [0.717, 1.165) is 36.2 Å². The lowest BCUT2D eigenvalue weighted by Crippen LogP contribution is -2.24. The monoisotopic (exact) mass is 394 g/mol. The highest BCUT2D eigenvalue weighted by Gasteiger charge is 2.24. The van der Waals surface area contributed by atoms with Gasteiger partial charge in [0.1, 0.15) is 12.4 Å². The van der Waals surface area contributed by atoms with Gasteiger partial charge in [0.15, 0.2) is 0 Å². The van der Waals surface area contributed by atoms with Crippen LogP contribution in [0.2, 0.25) is 0 Å². The highest BCUT2D eigenvalue weighted by Crippen LogP contribution is 2.26. The zero-order chi connectivity index (χ0) is 19.8. The topological polar surface area (TPSA) is 58.6 Å². The van der Waals surface area contributed by atoms with Gasteiger partial charge >= 0.3 is 0 Å². The van der Waals surface area contributed by atoms with Crippen molar-refractivity contribution in [2.45, 2.75) is 0 Å². The fourth-order valence-electron chi connectivity index (χ4n) is 2.58. The molecule has 144 valence electrons. The summed E-state index contributed by atoms with van der Waals surface area (Å²) in [6, 6.07) is 17.7. The molecule has 1 aliphatic heterocycles. The summed E-state index contributed by atoms with van der Waals surface area (Å²) in [6.45, 7) is 2.25. The smallest absolute Gasteiger partial charge is 0.290 e. The number of imide groups is 1. The second-order valence-corrected chi connectivity index (χ2v) is 7.36. The third kappa shape index (κ3) is 6.11. The van der Waals surface area contributed by atoms with Crippen LogP contribution in [0.3, 0.4) is 0 Å². The van der Waals surface area contributed by atoms with Crippen LogP contribution in [0.1, 0.15) is 11.1 Å². The number of carbonyl (C=O) groups is 2. The summed E-state index contributed by atoms with van der Waals surface area (Å²) in [7, 11) is 2.06. The Morgan fingerprint density at radius 1 is 1.04 bits per heavy atom. The van der Waals surface area contributed by atoms with Crippen LogP contribution in [-0.4, -0.2) is 42.8 Å². The number of ether oxygens (including phenoxy) is 1. The van der Waals surface area contributed by atoms with Crippen molar-refractivity contribution in [2.24, 2.45) is 0 Å². The summed E-state index contributed by atoms with van der Waals surface area (Å²) in [4.78, 5) is 25.3. The van der Waals surface area contributed by atoms with Crippen molar-refractivity contribution in [1.29, 1.82) is 0 Å². The summed E-state index contributed by atoms with van der Waals surface area (Å²) < 4.78 is 5.78. The number of rotatable bonds is 8. The maximum atomic E-state index is 11.6. The minimum atomic E-state index is -0.348. The zero-order valence-electron chi connectivity index (χ0n) is 15.6. The van der Waals surface area contributed by atoms with Gasteiger partial charge < -0.3 is 4.74 Å². The molecule has 0 bridgehead atoms. The van der Waals surface area contributed by atoms with Crippen molar-refractivity contribution in [3.8, 4) is 5.75 Å². The van der Waals surface area contributed by atoms with E-state index in [2.05, 4.69) is 41.5 Å². The van der Waals surface area contributed by atoms with Gasteiger partial charge in [0.05, 0.1) is 4.91 Å². The normalized spacial score (nSPS) is 15.6. The quantitative estimate of drug-likeness (QED) is 0.685. The van der Waals surface area contributed by atoms with Crippen molar-refractivity contribution >= 4 is 35.1 Å². The second-order valence-electron chi connectivity index (χ2n) is 6.35. The largest absolute Gasteiger partial charge is 0.492 e. The molecule has 2 aromatic rings. The number of nitrogens with one attached hydrogen (secondary N) is 1. The van der Waals surface area contributed by atoms with Crippen LogP contribution >= 0.6 is 11.8 Å². The molecule has 6 heteroatoms. The number of hydrogen-bond donors (Lipinski definition) is 1. The summed E-state index contributed by atoms with van der Waals surface area (Å²) >= 11 is 0.914. The Kier molecular flexibility index (Phi) is 7.06. The number of carbonyl (C=O) groups excluding carboxylic acids is 2. The van der Waals surface area contributed by atoms with E-state index in [9.17, 15) is 9.59 Å². The lowest BCUT2D eigenvalue weighted by Gasteiger charge is -2.15.